The minimum atomic E-state index is 0.540. The molecule has 1 heterocycles. The quantitative estimate of drug-likeness (QED) is 0.759. The molecule has 1 aromatic heterocycles. The summed E-state index contributed by atoms with van der Waals surface area (Å²) in [7, 11) is 1.58. The number of halogens is 1. The fraction of sp³-hybridized carbons (Fsp3) is 0.222. The van der Waals surface area contributed by atoms with Gasteiger partial charge in [0, 0.05) is 5.33 Å². The van der Waals surface area contributed by atoms with E-state index in [1.165, 1.54) is 5.56 Å². The Bertz CT molecular complexity index is 424. The summed E-state index contributed by atoms with van der Waals surface area (Å²) in [6, 6.07) is 5.88. The van der Waals surface area contributed by atoms with Crippen LogP contribution in [-0.2, 0) is 5.33 Å². The van der Waals surface area contributed by atoms with Gasteiger partial charge in [-0.05, 0) is 22.9 Å². The van der Waals surface area contributed by atoms with E-state index in [4.69, 9.17) is 9.26 Å². The molecule has 2 rings (SSSR count). The largest absolute Gasteiger partial charge is 0.478 e. The van der Waals surface area contributed by atoms with Crippen LogP contribution in [0.3, 0.4) is 0 Å². The van der Waals surface area contributed by atoms with Gasteiger partial charge in [0.15, 0.2) is 5.58 Å². The van der Waals surface area contributed by atoms with Crippen LogP contribution in [0.15, 0.2) is 22.7 Å². The van der Waals surface area contributed by atoms with Gasteiger partial charge >= 0.3 is 0 Å². The van der Waals surface area contributed by atoms with Crippen LogP contribution in [0.1, 0.15) is 5.56 Å². The zero-order valence-electron chi connectivity index (χ0n) is 7.08. The molecule has 0 atom stereocenters. The highest BCUT2D eigenvalue weighted by Crippen LogP contribution is 2.25. The maximum absolute atomic E-state index is 5.05. The summed E-state index contributed by atoms with van der Waals surface area (Å²) in [4.78, 5) is 0. The van der Waals surface area contributed by atoms with Crippen molar-refractivity contribution < 1.29 is 9.26 Å². The van der Waals surface area contributed by atoms with E-state index < -0.39 is 0 Å². The van der Waals surface area contributed by atoms with Crippen LogP contribution >= 0.6 is 15.9 Å². The summed E-state index contributed by atoms with van der Waals surface area (Å²) in [5.74, 6) is 0.540. The summed E-state index contributed by atoms with van der Waals surface area (Å²) >= 11 is 3.39. The number of methoxy groups -OCH3 is 1. The first kappa shape index (κ1) is 8.56. The normalized spacial score (nSPS) is 10.6. The van der Waals surface area contributed by atoms with Gasteiger partial charge in [-0.1, -0.05) is 22.0 Å². The fourth-order valence-electron chi connectivity index (χ4n) is 1.19. The van der Waals surface area contributed by atoms with Crippen LogP contribution < -0.4 is 4.74 Å². The Hall–Kier alpha value is -1.03. The molecule has 0 bridgehead atoms. The second-order valence-corrected chi connectivity index (χ2v) is 3.22. The van der Waals surface area contributed by atoms with E-state index in [0.717, 1.165) is 16.3 Å². The molecule has 68 valence electrons. The number of hydrogen-bond donors (Lipinski definition) is 0. The third-order valence-electron chi connectivity index (χ3n) is 1.85. The molecule has 0 aliphatic rings. The number of nitrogens with zero attached hydrogens (tertiary/aromatic N) is 1. The molecule has 0 aliphatic heterocycles. The molecule has 4 heteroatoms. The minimum absolute atomic E-state index is 0.540. The van der Waals surface area contributed by atoms with Gasteiger partial charge in [0.05, 0.1) is 12.5 Å². The SMILES string of the molecule is COc1noc2ccc(CBr)cc12. The third-order valence-corrected chi connectivity index (χ3v) is 2.50. The molecule has 0 spiro atoms. The van der Waals surface area contributed by atoms with Gasteiger partial charge in [0.25, 0.3) is 5.88 Å². The van der Waals surface area contributed by atoms with Gasteiger partial charge in [-0.25, -0.2) is 0 Å². The summed E-state index contributed by atoms with van der Waals surface area (Å²) in [5.41, 5.74) is 1.93. The van der Waals surface area contributed by atoms with Crippen molar-refractivity contribution in [3.05, 3.63) is 23.8 Å². The predicted molar refractivity (Wildman–Crippen MR) is 53.2 cm³/mol. The van der Waals surface area contributed by atoms with Crippen LogP contribution in [0.4, 0.5) is 0 Å². The molecule has 2 aromatic rings. The molecular formula is C9H8BrNO2. The third kappa shape index (κ3) is 1.42. The smallest absolute Gasteiger partial charge is 0.261 e. The summed E-state index contributed by atoms with van der Waals surface area (Å²) < 4.78 is 10.1. The molecular weight excluding hydrogens is 234 g/mol. The van der Waals surface area contributed by atoms with Gasteiger partial charge in [-0.15, -0.1) is 0 Å². The second-order valence-electron chi connectivity index (χ2n) is 2.66. The number of aromatic nitrogens is 1. The molecule has 0 fully saturated rings. The molecule has 0 radical (unpaired) electrons. The molecule has 13 heavy (non-hydrogen) atoms. The van der Waals surface area contributed by atoms with E-state index in [-0.39, 0.29) is 0 Å². The first-order chi connectivity index (χ1) is 6.35. The van der Waals surface area contributed by atoms with Gasteiger partial charge in [0.2, 0.25) is 0 Å². The van der Waals surface area contributed by atoms with Crippen molar-refractivity contribution >= 4 is 26.9 Å². The van der Waals surface area contributed by atoms with E-state index >= 15 is 0 Å². The minimum Gasteiger partial charge on any atom is -0.478 e. The topological polar surface area (TPSA) is 35.3 Å². The summed E-state index contributed by atoms with van der Waals surface area (Å²) in [6.07, 6.45) is 0. The zero-order chi connectivity index (χ0) is 9.26. The Morgan fingerprint density at radius 1 is 1.54 bits per heavy atom. The molecule has 0 saturated carbocycles. The predicted octanol–water partition coefficient (Wildman–Crippen LogP) is 2.73. The highest BCUT2D eigenvalue weighted by Gasteiger charge is 2.07. The first-order valence-corrected chi connectivity index (χ1v) is 4.95. The maximum Gasteiger partial charge on any atom is 0.261 e. The molecule has 0 saturated heterocycles. The molecule has 0 amide bonds. The lowest BCUT2D eigenvalue weighted by atomic mass is 10.2. The van der Waals surface area contributed by atoms with Crippen molar-refractivity contribution in [1.29, 1.82) is 0 Å². The number of benzene rings is 1. The van der Waals surface area contributed by atoms with Gasteiger partial charge in [0.1, 0.15) is 0 Å². The standard InChI is InChI=1S/C9H8BrNO2/c1-12-9-7-4-6(5-10)2-3-8(7)13-11-9/h2-4H,5H2,1H3. The van der Waals surface area contributed by atoms with Crippen LogP contribution in [0, 0.1) is 0 Å². The Kier molecular flexibility index (Phi) is 2.22. The summed E-state index contributed by atoms with van der Waals surface area (Å²) in [5, 5.41) is 5.51. The Labute approximate surface area is 83.8 Å². The summed E-state index contributed by atoms with van der Waals surface area (Å²) in [6.45, 7) is 0. The zero-order valence-corrected chi connectivity index (χ0v) is 8.67. The van der Waals surface area contributed by atoms with Crippen LogP contribution in [0.5, 0.6) is 5.88 Å². The molecule has 0 unspecified atom stereocenters. The van der Waals surface area contributed by atoms with Crippen LogP contribution in [-0.4, -0.2) is 12.3 Å². The van der Waals surface area contributed by atoms with Crippen molar-refractivity contribution in [2.45, 2.75) is 5.33 Å². The van der Waals surface area contributed by atoms with E-state index in [1.807, 2.05) is 18.2 Å². The second kappa shape index (κ2) is 3.38. The van der Waals surface area contributed by atoms with E-state index in [0.29, 0.717) is 5.88 Å². The van der Waals surface area contributed by atoms with E-state index in [1.54, 1.807) is 7.11 Å². The number of fused-ring (bicyclic) bond motifs is 1. The molecule has 0 aliphatic carbocycles. The van der Waals surface area contributed by atoms with Gasteiger partial charge in [-0.3, -0.25) is 0 Å². The molecule has 3 nitrogen and oxygen atoms in total. The Morgan fingerprint density at radius 3 is 3.08 bits per heavy atom. The van der Waals surface area contributed by atoms with Gasteiger partial charge in [-0.2, -0.15) is 0 Å². The van der Waals surface area contributed by atoms with Crippen LogP contribution in [0.2, 0.25) is 0 Å². The van der Waals surface area contributed by atoms with E-state index in [2.05, 4.69) is 21.1 Å². The van der Waals surface area contributed by atoms with Crippen molar-refractivity contribution in [1.82, 2.24) is 5.16 Å². The van der Waals surface area contributed by atoms with Crippen LogP contribution in [0.25, 0.3) is 11.0 Å². The van der Waals surface area contributed by atoms with Crippen molar-refractivity contribution in [3.63, 3.8) is 0 Å². The number of alkyl halides is 1. The number of hydrogen-bond acceptors (Lipinski definition) is 3. The van der Waals surface area contributed by atoms with E-state index in [9.17, 15) is 0 Å². The molecule has 0 N–H and O–H groups in total. The lowest BCUT2D eigenvalue weighted by molar-refractivity contribution is 0.350. The fourth-order valence-corrected chi connectivity index (χ4v) is 1.54. The maximum atomic E-state index is 5.05. The average Bonchev–Trinajstić information content (AvgIpc) is 2.59. The monoisotopic (exact) mass is 241 g/mol. The van der Waals surface area contributed by atoms with Gasteiger partial charge < -0.3 is 9.26 Å². The number of ether oxygens (including phenoxy) is 1. The number of rotatable bonds is 2. The van der Waals surface area contributed by atoms with Crippen molar-refractivity contribution in [2.75, 3.05) is 7.11 Å². The average molecular weight is 242 g/mol. The van der Waals surface area contributed by atoms with Crippen molar-refractivity contribution in [2.24, 2.45) is 0 Å². The first-order valence-electron chi connectivity index (χ1n) is 3.83. The highest BCUT2D eigenvalue weighted by molar-refractivity contribution is 9.08. The lowest BCUT2D eigenvalue weighted by Gasteiger charge is -1.95. The highest BCUT2D eigenvalue weighted by atomic mass is 79.9. The lowest BCUT2D eigenvalue weighted by Crippen LogP contribution is -1.82. The van der Waals surface area contributed by atoms with Crippen molar-refractivity contribution in [3.8, 4) is 5.88 Å². The Morgan fingerprint density at radius 2 is 2.38 bits per heavy atom. The molecule has 1 aromatic carbocycles. The Balaban J connectivity index is 2.64.